The number of rotatable bonds is 3. The Morgan fingerprint density at radius 3 is 2.61 bits per heavy atom. The van der Waals surface area contributed by atoms with Crippen molar-refractivity contribution in [1.29, 1.82) is 0 Å². The van der Waals surface area contributed by atoms with Gasteiger partial charge in [-0.15, -0.1) is 0 Å². The second-order valence-electron chi connectivity index (χ2n) is 4.55. The lowest BCUT2D eigenvalue weighted by Gasteiger charge is -2.22. The number of hydrogen-bond acceptors (Lipinski definition) is 3. The van der Waals surface area contributed by atoms with Crippen LogP contribution in [0.25, 0.3) is 0 Å². The minimum atomic E-state index is -1.12. The van der Waals surface area contributed by atoms with Gasteiger partial charge in [-0.25, -0.2) is 0 Å². The Morgan fingerprint density at radius 2 is 2.11 bits per heavy atom. The standard InChI is InChI=1S/C12H16ClN3O2/c1-7-4-5-9(8(13)6-7)15-11(17)12(2,3)10(14)16-18/h4-6,18H,1-3H3,(H2,14,16)(H,15,17). The second-order valence-corrected chi connectivity index (χ2v) is 4.95. The van der Waals surface area contributed by atoms with Crippen LogP contribution in [0.4, 0.5) is 5.69 Å². The smallest absolute Gasteiger partial charge is 0.237 e. The zero-order valence-electron chi connectivity index (χ0n) is 10.5. The van der Waals surface area contributed by atoms with Crippen molar-refractivity contribution in [1.82, 2.24) is 0 Å². The van der Waals surface area contributed by atoms with Crippen LogP contribution in [0.15, 0.2) is 23.4 Å². The first kappa shape index (κ1) is 14.3. The van der Waals surface area contributed by atoms with Crippen molar-refractivity contribution < 1.29 is 10.0 Å². The summed E-state index contributed by atoms with van der Waals surface area (Å²) in [6.45, 7) is 5.01. The van der Waals surface area contributed by atoms with Crippen LogP contribution in [0.1, 0.15) is 19.4 Å². The number of amidine groups is 1. The Labute approximate surface area is 111 Å². The molecule has 0 aromatic heterocycles. The van der Waals surface area contributed by atoms with Crippen molar-refractivity contribution in [3.63, 3.8) is 0 Å². The summed E-state index contributed by atoms with van der Waals surface area (Å²) < 4.78 is 0. The van der Waals surface area contributed by atoms with E-state index < -0.39 is 11.3 Å². The summed E-state index contributed by atoms with van der Waals surface area (Å²) in [6.07, 6.45) is 0. The number of benzene rings is 1. The average molecular weight is 270 g/mol. The van der Waals surface area contributed by atoms with E-state index in [2.05, 4.69) is 10.5 Å². The number of hydrogen-bond donors (Lipinski definition) is 3. The summed E-state index contributed by atoms with van der Waals surface area (Å²) in [5.41, 5.74) is 5.84. The molecule has 0 saturated heterocycles. The van der Waals surface area contributed by atoms with Gasteiger partial charge in [0.05, 0.1) is 10.7 Å². The van der Waals surface area contributed by atoms with Crippen molar-refractivity contribution in [3.8, 4) is 0 Å². The summed E-state index contributed by atoms with van der Waals surface area (Å²) in [5, 5.41) is 14.6. The highest BCUT2D eigenvalue weighted by atomic mass is 35.5. The zero-order chi connectivity index (χ0) is 13.9. The molecule has 0 unspecified atom stereocenters. The topological polar surface area (TPSA) is 87.7 Å². The lowest BCUT2D eigenvalue weighted by atomic mass is 9.91. The van der Waals surface area contributed by atoms with E-state index in [0.29, 0.717) is 10.7 Å². The minimum absolute atomic E-state index is 0.164. The molecule has 18 heavy (non-hydrogen) atoms. The number of anilines is 1. The van der Waals surface area contributed by atoms with Gasteiger partial charge in [0.25, 0.3) is 0 Å². The summed E-state index contributed by atoms with van der Waals surface area (Å²) in [5.74, 6) is -0.563. The van der Waals surface area contributed by atoms with Crippen LogP contribution < -0.4 is 11.1 Å². The Balaban J connectivity index is 2.95. The fourth-order valence-electron chi connectivity index (χ4n) is 1.24. The van der Waals surface area contributed by atoms with Crippen molar-refractivity contribution in [3.05, 3.63) is 28.8 Å². The number of carbonyl (C=O) groups is 1. The number of nitrogens with two attached hydrogens (primary N) is 1. The fraction of sp³-hybridized carbons (Fsp3) is 0.333. The number of oxime groups is 1. The molecule has 98 valence electrons. The van der Waals surface area contributed by atoms with Gasteiger partial charge in [-0.1, -0.05) is 22.8 Å². The molecule has 1 amide bonds. The molecule has 0 spiro atoms. The largest absolute Gasteiger partial charge is 0.409 e. The molecule has 1 aromatic rings. The van der Waals surface area contributed by atoms with Gasteiger partial charge in [0.1, 0.15) is 5.41 Å². The van der Waals surface area contributed by atoms with E-state index in [4.69, 9.17) is 22.5 Å². The number of nitrogens with zero attached hydrogens (tertiary/aromatic N) is 1. The van der Waals surface area contributed by atoms with Gasteiger partial charge in [-0.05, 0) is 38.5 Å². The highest BCUT2D eigenvalue weighted by Crippen LogP contribution is 2.25. The van der Waals surface area contributed by atoms with Gasteiger partial charge in [-0.3, -0.25) is 4.79 Å². The van der Waals surface area contributed by atoms with E-state index in [1.165, 1.54) is 0 Å². The van der Waals surface area contributed by atoms with E-state index in [1.807, 2.05) is 13.0 Å². The maximum Gasteiger partial charge on any atom is 0.237 e. The predicted octanol–water partition coefficient (Wildman–Crippen LogP) is 2.36. The lowest BCUT2D eigenvalue weighted by molar-refractivity contribution is -0.121. The number of aryl methyl sites for hydroxylation is 1. The second kappa shape index (κ2) is 5.27. The summed E-state index contributed by atoms with van der Waals surface area (Å²) in [6, 6.07) is 5.28. The Hall–Kier alpha value is -1.75. The van der Waals surface area contributed by atoms with Crippen LogP contribution in [-0.2, 0) is 4.79 Å². The maximum absolute atomic E-state index is 12.0. The van der Waals surface area contributed by atoms with Gasteiger partial charge >= 0.3 is 0 Å². The van der Waals surface area contributed by atoms with Crippen LogP contribution in [0.5, 0.6) is 0 Å². The summed E-state index contributed by atoms with van der Waals surface area (Å²) >= 11 is 6.01. The summed E-state index contributed by atoms with van der Waals surface area (Å²) in [7, 11) is 0. The highest BCUT2D eigenvalue weighted by molar-refractivity contribution is 6.34. The van der Waals surface area contributed by atoms with Gasteiger partial charge < -0.3 is 16.3 Å². The molecule has 0 heterocycles. The molecule has 1 aromatic carbocycles. The van der Waals surface area contributed by atoms with E-state index in [0.717, 1.165) is 5.56 Å². The van der Waals surface area contributed by atoms with E-state index in [9.17, 15) is 4.79 Å². The molecule has 0 aliphatic rings. The zero-order valence-corrected chi connectivity index (χ0v) is 11.2. The summed E-state index contributed by atoms with van der Waals surface area (Å²) in [4.78, 5) is 12.0. The van der Waals surface area contributed by atoms with Crippen LogP contribution in [0, 0.1) is 12.3 Å². The molecule has 6 heteroatoms. The van der Waals surface area contributed by atoms with Crippen molar-refractivity contribution in [2.24, 2.45) is 16.3 Å². The molecule has 1 rings (SSSR count). The number of halogens is 1. The molecular weight excluding hydrogens is 254 g/mol. The SMILES string of the molecule is Cc1ccc(NC(=O)C(C)(C)C(N)=NO)c(Cl)c1. The maximum atomic E-state index is 12.0. The van der Waals surface area contributed by atoms with Gasteiger partial charge in [0.2, 0.25) is 5.91 Å². The third-order valence-corrected chi connectivity index (χ3v) is 3.00. The first-order valence-corrected chi connectivity index (χ1v) is 5.72. The average Bonchev–Trinajstić information content (AvgIpc) is 2.31. The predicted molar refractivity (Wildman–Crippen MR) is 72.0 cm³/mol. The van der Waals surface area contributed by atoms with Crippen LogP contribution in [-0.4, -0.2) is 17.0 Å². The third-order valence-electron chi connectivity index (χ3n) is 2.69. The lowest BCUT2D eigenvalue weighted by Crippen LogP contribution is -2.42. The Bertz CT molecular complexity index is 498. The molecule has 0 saturated carbocycles. The van der Waals surface area contributed by atoms with Crippen LogP contribution in [0.3, 0.4) is 0 Å². The van der Waals surface area contributed by atoms with Gasteiger partial charge in [0.15, 0.2) is 5.84 Å². The normalized spacial score (nSPS) is 12.3. The molecule has 0 bridgehead atoms. The fourth-order valence-corrected chi connectivity index (χ4v) is 1.52. The molecule has 5 nitrogen and oxygen atoms in total. The molecule has 0 aliphatic carbocycles. The monoisotopic (exact) mass is 269 g/mol. The molecule has 4 N–H and O–H groups in total. The quantitative estimate of drug-likeness (QED) is 0.341. The number of nitrogens with one attached hydrogen (secondary N) is 1. The molecule has 0 aliphatic heterocycles. The van der Waals surface area contributed by atoms with Gasteiger partial charge in [0, 0.05) is 0 Å². The third kappa shape index (κ3) is 2.92. The van der Waals surface area contributed by atoms with Crippen molar-refractivity contribution in [2.45, 2.75) is 20.8 Å². The first-order chi connectivity index (χ1) is 8.28. The van der Waals surface area contributed by atoms with Crippen molar-refractivity contribution >= 4 is 29.0 Å². The Kier molecular flexibility index (Phi) is 4.19. The highest BCUT2D eigenvalue weighted by Gasteiger charge is 2.33. The van der Waals surface area contributed by atoms with Gasteiger partial charge in [-0.2, -0.15) is 0 Å². The Morgan fingerprint density at radius 1 is 1.50 bits per heavy atom. The molecular formula is C12H16ClN3O2. The minimum Gasteiger partial charge on any atom is -0.409 e. The van der Waals surface area contributed by atoms with Crippen LogP contribution >= 0.6 is 11.6 Å². The number of carbonyl (C=O) groups excluding carboxylic acids is 1. The van der Waals surface area contributed by atoms with E-state index >= 15 is 0 Å². The van der Waals surface area contributed by atoms with Crippen molar-refractivity contribution in [2.75, 3.05) is 5.32 Å². The first-order valence-electron chi connectivity index (χ1n) is 5.34. The van der Waals surface area contributed by atoms with Crippen LogP contribution in [0.2, 0.25) is 5.02 Å². The number of amides is 1. The van der Waals surface area contributed by atoms with E-state index in [1.54, 1.807) is 26.0 Å². The molecule has 0 radical (unpaired) electrons. The molecule has 0 fully saturated rings. The van der Waals surface area contributed by atoms with E-state index in [-0.39, 0.29) is 5.84 Å². The molecule has 0 atom stereocenters.